The molecule has 0 aliphatic carbocycles. The monoisotopic (exact) mass is 285 g/mol. The van der Waals surface area contributed by atoms with Crippen LogP contribution in [0.4, 0.5) is 0 Å². The fourth-order valence-electron chi connectivity index (χ4n) is 2.23. The summed E-state index contributed by atoms with van der Waals surface area (Å²) >= 11 is 0. The fraction of sp³-hybridized carbons (Fsp3) is 0.294. The largest absolute Gasteiger partial charge is 0.491 e. The van der Waals surface area contributed by atoms with Gasteiger partial charge in [0.1, 0.15) is 5.75 Å². The Morgan fingerprint density at radius 1 is 1.14 bits per heavy atom. The summed E-state index contributed by atoms with van der Waals surface area (Å²) in [6.45, 7) is 6.34. The number of benzene rings is 1. The van der Waals surface area contributed by atoms with Gasteiger partial charge in [-0.25, -0.2) is 0 Å². The van der Waals surface area contributed by atoms with E-state index in [0.717, 1.165) is 17.0 Å². The lowest BCUT2D eigenvalue weighted by atomic mass is 10.1. The molecule has 0 unspecified atom stereocenters. The molecule has 0 bridgehead atoms. The van der Waals surface area contributed by atoms with Gasteiger partial charge in [0.25, 0.3) is 5.56 Å². The van der Waals surface area contributed by atoms with Crippen LogP contribution in [0, 0.1) is 0 Å². The molecule has 21 heavy (non-hydrogen) atoms. The molecule has 2 rings (SSSR count). The molecule has 0 spiro atoms. The number of hydrogen-bond acceptors (Lipinski definition) is 3. The van der Waals surface area contributed by atoms with Crippen molar-refractivity contribution in [3.8, 4) is 17.0 Å². The third-order valence-electron chi connectivity index (χ3n) is 3.17. The lowest BCUT2D eigenvalue weighted by Gasteiger charge is -2.13. The molecule has 0 amide bonds. The molecule has 2 aromatic rings. The molecule has 1 heterocycles. The van der Waals surface area contributed by atoms with Crippen LogP contribution in [0.3, 0.4) is 0 Å². The van der Waals surface area contributed by atoms with E-state index in [-0.39, 0.29) is 17.2 Å². The normalized spacial score (nSPS) is 10.7. The Morgan fingerprint density at radius 2 is 1.81 bits per heavy atom. The Balaban J connectivity index is 2.44. The number of pyridine rings is 1. The van der Waals surface area contributed by atoms with Crippen molar-refractivity contribution in [2.45, 2.75) is 33.4 Å². The third kappa shape index (κ3) is 3.21. The van der Waals surface area contributed by atoms with E-state index in [1.165, 1.54) is 0 Å². The second-order valence-electron chi connectivity index (χ2n) is 5.03. The van der Waals surface area contributed by atoms with E-state index in [1.54, 1.807) is 16.7 Å². The van der Waals surface area contributed by atoms with Gasteiger partial charge in [-0.15, -0.1) is 0 Å². The van der Waals surface area contributed by atoms with Crippen LogP contribution in [0.25, 0.3) is 11.3 Å². The molecule has 0 atom stereocenters. The second-order valence-corrected chi connectivity index (χ2v) is 5.03. The van der Waals surface area contributed by atoms with E-state index in [0.29, 0.717) is 12.8 Å². The predicted molar refractivity (Wildman–Crippen MR) is 83.0 cm³/mol. The number of rotatable bonds is 5. The van der Waals surface area contributed by atoms with Crippen LogP contribution in [0.15, 0.2) is 41.2 Å². The van der Waals surface area contributed by atoms with E-state index in [2.05, 4.69) is 0 Å². The Hall–Kier alpha value is -2.36. The zero-order chi connectivity index (χ0) is 15.4. The second kappa shape index (κ2) is 6.39. The molecular formula is C17H19NO3. The number of aromatic nitrogens is 1. The summed E-state index contributed by atoms with van der Waals surface area (Å²) in [6.07, 6.45) is 0.717. The van der Waals surface area contributed by atoms with Gasteiger partial charge >= 0.3 is 0 Å². The number of carbonyl (C=O) groups is 1. The van der Waals surface area contributed by atoms with Crippen molar-refractivity contribution in [1.82, 2.24) is 4.57 Å². The lowest BCUT2D eigenvalue weighted by molar-refractivity contribution is 0.112. The molecule has 110 valence electrons. The first-order chi connectivity index (χ1) is 10.1. The third-order valence-corrected chi connectivity index (χ3v) is 3.17. The van der Waals surface area contributed by atoms with Gasteiger partial charge in [0.15, 0.2) is 6.29 Å². The Bertz CT molecular complexity index is 684. The molecule has 0 radical (unpaired) electrons. The standard InChI is InChI=1S/C17H19NO3/c1-4-18-16(10-7-14(11-19)17(18)20)13-5-8-15(9-6-13)21-12(2)3/h5-12H,4H2,1-3H3. The molecule has 0 aliphatic heterocycles. The first kappa shape index (κ1) is 15.0. The van der Waals surface area contributed by atoms with Gasteiger partial charge in [0.2, 0.25) is 0 Å². The van der Waals surface area contributed by atoms with Crippen molar-refractivity contribution in [3.05, 3.63) is 52.3 Å². The summed E-state index contributed by atoms with van der Waals surface area (Å²) in [5, 5.41) is 0. The first-order valence-electron chi connectivity index (χ1n) is 7.03. The number of carbonyl (C=O) groups excluding carboxylic acids is 1. The minimum absolute atomic E-state index is 0.122. The summed E-state index contributed by atoms with van der Waals surface area (Å²) in [5.74, 6) is 0.795. The zero-order valence-corrected chi connectivity index (χ0v) is 12.5. The SMILES string of the molecule is CCn1c(-c2ccc(OC(C)C)cc2)ccc(C=O)c1=O. The van der Waals surface area contributed by atoms with Crippen LogP contribution >= 0.6 is 0 Å². The average molecular weight is 285 g/mol. The maximum absolute atomic E-state index is 12.1. The van der Waals surface area contributed by atoms with E-state index < -0.39 is 0 Å². The molecular weight excluding hydrogens is 266 g/mol. The van der Waals surface area contributed by atoms with Crippen LogP contribution in [0.2, 0.25) is 0 Å². The van der Waals surface area contributed by atoms with Crippen molar-refractivity contribution in [2.24, 2.45) is 0 Å². The van der Waals surface area contributed by atoms with Gasteiger partial charge in [0, 0.05) is 6.54 Å². The van der Waals surface area contributed by atoms with Gasteiger partial charge in [-0.2, -0.15) is 0 Å². The Morgan fingerprint density at radius 3 is 2.33 bits per heavy atom. The molecule has 4 nitrogen and oxygen atoms in total. The van der Waals surface area contributed by atoms with Crippen LogP contribution < -0.4 is 10.3 Å². The molecule has 1 aromatic heterocycles. The maximum Gasteiger partial charge on any atom is 0.261 e. The zero-order valence-electron chi connectivity index (χ0n) is 12.5. The predicted octanol–water partition coefficient (Wildman–Crippen LogP) is 3.13. The summed E-state index contributed by atoms with van der Waals surface area (Å²) in [6, 6.07) is 11.0. The number of ether oxygens (including phenoxy) is 1. The average Bonchev–Trinajstić information content (AvgIpc) is 2.47. The number of hydrogen-bond donors (Lipinski definition) is 0. The van der Waals surface area contributed by atoms with Crippen LogP contribution in [0.5, 0.6) is 5.75 Å². The molecule has 4 heteroatoms. The highest BCUT2D eigenvalue weighted by atomic mass is 16.5. The van der Waals surface area contributed by atoms with Crippen molar-refractivity contribution < 1.29 is 9.53 Å². The van der Waals surface area contributed by atoms with Gasteiger partial charge < -0.3 is 9.30 Å². The number of aldehydes is 1. The smallest absolute Gasteiger partial charge is 0.261 e. The lowest BCUT2D eigenvalue weighted by Crippen LogP contribution is -2.24. The van der Waals surface area contributed by atoms with Crippen molar-refractivity contribution in [3.63, 3.8) is 0 Å². The van der Waals surface area contributed by atoms with E-state index in [1.807, 2.05) is 45.0 Å². The van der Waals surface area contributed by atoms with Crippen LogP contribution in [-0.2, 0) is 6.54 Å². The summed E-state index contributed by atoms with van der Waals surface area (Å²) in [4.78, 5) is 23.0. The highest BCUT2D eigenvalue weighted by Crippen LogP contribution is 2.22. The van der Waals surface area contributed by atoms with Crippen molar-refractivity contribution in [1.29, 1.82) is 0 Å². The molecule has 0 aliphatic rings. The maximum atomic E-state index is 12.1. The van der Waals surface area contributed by atoms with E-state index in [4.69, 9.17) is 4.74 Å². The van der Waals surface area contributed by atoms with Crippen molar-refractivity contribution >= 4 is 6.29 Å². The highest BCUT2D eigenvalue weighted by molar-refractivity contribution is 5.75. The number of nitrogens with zero attached hydrogens (tertiary/aromatic N) is 1. The van der Waals surface area contributed by atoms with E-state index in [9.17, 15) is 9.59 Å². The van der Waals surface area contributed by atoms with Crippen LogP contribution in [0.1, 0.15) is 31.1 Å². The first-order valence-corrected chi connectivity index (χ1v) is 7.03. The Kier molecular flexibility index (Phi) is 4.58. The molecule has 0 fully saturated rings. The summed E-state index contributed by atoms with van der Waals surface area (Å²) < 4.78 is 7.21. The summed E-state index contributed by atoms with van der Waals surface area (Å²) in [5.41, 5.74) is 1.64. The molecule has 0 saturated heterocycles. The topological polar surface area (TPSA) is 48.3 Å². The summed E-state index contributed by atoms with van der Waals surface area (Å²) in [7, 11) is 0. The van der Waals surface area contributed by atoms with Crippen molar-refractivity contribution in [2.75, 3.05) is 0 Å². The van der Waals surface area contributed by atoms with Gasteiger partial charge in [-0.1, -0.05) is 0 Å². The van der Waals surface area contributed by atoms with Gasteiger partial charge in [-0.05, 0) is 62.7 Å². The van der Waals surface area contributed by atoms with Gasteiger partial charge in [-0.3, -0.25) is 9.59 Å². The minimum atomic E-state index is -0.257. The van der Waals surface area contributed by atoms with Gasteiger partial charge in [0.05, 0.1) is 17.4 Å². The van der Waals surface area contributed by atoms with E-state index >= 15 is 0 Å². The molecule has 0 N–H and O–H groups in total. The molecule has 1 aromatic carbocycles. The fourth-order valence-corrected chi connectivity index (χ4v) is 2.23. The Labute approximate surface area is 124 Å². The molecule has 0 saturated carbocycles. The highest BCUT2D eigenvalue weighted by Gasteiger charge is 2.09. The quantitative estimate of drug-likeness (QED) is 0.793. The van der Waals surface area contributed by atoms with Crippen LogP contribution in [-0.4, -0.2) is 17.0 Å². The minimum Gasteiger partial charge on any atom is -0.491 e.